The summed E-state index contributed by atoms with van der Waals surface area (Å²) in [6, 6.07) is 6.62. The molecule has 2 saturated heterocycles. The van der Waals surface area contributed by atoms with Crippen molar-refractivity contribution in [3.63, 3.8) is 0 Å². The van der Waals surface area contributed by atoms with E-state index in [4.69, 9.17) is 0 Å². The van der Waals surface area contributed by atoms with Gasteiger partial charge in [0.1, 0.15) is 0 Å². The van der Waals surface area contributed by atoms with E-state index in [1.165, 1.54) is 11.1 Å². The van der Waals surface area contributed by atoms with Crippen molar-refractivity contribution in [2.45, 2.75) is 45.7 Å². The smallest absolute Gasteiger partial charge is 0.242 e. The molecule has 6 nitrogen and oxygen atoms in total. The molecule has 3 aliphatic rings. The Morgan fingerprint density at radius 2 is 1.85 bits per heavy atom. The molecule has 0 radical (unpaired) electrons. The summed E-state index contributed by atoms with van der Waals surface area (Å²) < 4.78 is 0. The molecule has 1 aliphatic carbocycles. The van der Waals surface area contributed by atoms with Crippen LogP contribution < -0.4 is 0 Å². The van der Waals surface area contributed by atoms with Crippen LogP contribution in [0.3, 0.4) is 0 Å². The van der Waals surface area contributed by atoms with Gasteiger partial charge in [-0.2, -0.15) is 0 Å². The van der Waals surface area contributed by atoms with Crippen molar-refractivity contribution in [3.05, 3.63) is 34.9 Å². The molecule has 2 heterocycles. The first-order valence-electron chi connectivity index (χ1n) is 9.84. The first-order chi connectivity index (χ1) is 12.9. The van der Waals surface area contributed by atoms with Crippen molar-refractivity contribution in [1.29, 1.82) is 0 Å². The van der Waals surface area contributed by atoms with E-state index < -0.39 is 0 Å². The topological polar surface area (TPSA) is 60.9 Å². The van der Waals surface area contributed by atoms with Crippen LogP contribution in [0, 0.1) is 19.8 Å². The monoisotopic (exact) mass is 369 g/mol. The molecule has 1 atom stereocenters. The van der Waals surface area contributed by atoms with Gasteiger partial charge in [0.25, 0.3) is 0 Å². The van der Waals surface area contributed by atoms with Crippen LogP contribution in [0.2, 0.25) is 0 Å². The molecule has 4 rings (SSSR count). The van der Waals surface area contributed by atoms with Gasteiger partial charge in [-0.3, -0.25) is 14.4 Å². The highest BCUT2D eigenvalue weighted by molar-refractivity contribution is 5.92. The molecule has 6 heteroatoms. The van der Waals surface area contributed by atoms with E-state index in [2.05, 4.69) is 32.0 Å². The molecular formula is C21H27N3O3. The van der Waals surface area contributed by atoms with Crippen molar-refractivity contribution in [3.8, 4) is 0 Å². The highest BCUT2D eigenvalue weighted by atomic mass is 16.2. The fourth-order valence-corrected chi connectivity index (χ4v) is 4.08. The number of rotatable bonds is 4. The van der Waals surface area contributed by atoms with E-state index in [0.29, 0.717) is 38.6 Å². The number of carbonyl (C=O) groups excluding carboxylic acids is 3. The maximum absolute atomic E-state index is 12.8. The molecule has 0 aromatic heterocycles. The van der Waals surface area contributed by atoms with Gasteiger partial charge in [0.2, 0.25) is 17.7 Å². The lowest BCUT2D eigenvalue weighted by Crippen LogP contribution is -2.53. The number of carbonyl (C=O) groups is 3. The standard InChI is InChI=1S/C21H27N3O3/c1-14-3-4-16(9-15(14)2)11-22-7-8-23(13-20(22)26)21(27)17-10-19(25)24(12-17)18-5-6-18/h3-4,9,17-18H,5-8,10-13H2,1-2H3/t17-/m0/s1. The molecule has 1 saturated carbocycles. The van der Waals surface area contributed by atoms with Crippen LogP contribution in [-0.4, -0.2) is 64.6 Å². The Hall–Kier alpha value is -2.37. The molecule has 0 spiro atoms. The quantitative estimate of drug-likeness (QED) is 0.808. The van der Waals surface area contributed by atoms with E-state index >= 15 is 0 Å². The van der Waals surface area contributed by atoms with Crippen LogP contribution in [0.4, 0.5) is 0 Å². The first kappa shape index (κ1) is 18.0. The zero-order chi connectivity index (χ0) is 19.1. The fraction of sp³-hybridized carbons (Fsp3) is 0.571. The Kier molecular flexibility index (Phi) is 4.66. The Morgan fingerprint density at radius 3 is 2.52 bits per heavy atom. The summed E-state index contributed by atoms with van der Waals surface area (Å²) in [4.78, 5) is 42.8. The summed E-state index contributed by atoms with van der Waals surface area (Å²) >= 11 is 0. The molecule has 0 bridgehead atoms. The molecule has 144 valence electrons. The van der Waals surface area contributed by atoms with Gasteiger partial charge < -0.3 is 14.7 Å². The van der Waals surface area contributed by atoms with E-state index in [9.17, 15) is 14.4 Å². The average Bonchev–Trinajstić information content (AvgIpc) is 3.41. The van der Waals surface area contributed by atoms with Gasteiger partial charge in [-0.15, -0.1) is 0 Å². The summed E-state index contributed by atoms with van der Waals surface area (Å²) in [5.41, 5.74) is 3.58. The molecule has 3 amide bonds. The molecule has 1 aromatic rings. The Morgan fingerprint density at radius 1 is 1.07 bits per heavy atom. The van der Waals surface area contributed by atoms with Crippen LogP contribution in [0.5, 0.6) is 0 Å². The minimum absolute atomic E-state index is 0.0174. The third-order valence-electron chi connectivity index (χ3n) is 6.07. The predicted molar refractivity (Wildman–Crippen MR) is 101 cm³/mol. The number of hydrogen-bond acceptors (Lipinski definition) is 3. The molecule has 0 N–H and O–H groups in total. The van der Waals surface area contributed by atoms with Gasteiger partial charge in [0, 0.05) is 38.6 Å². The summed E-state index contributed by atoms with van der Waals surface area (Å²) in [5, 5.41) is 0. The number of piperazine rings is 1. The maximum Gasteiger partial charge on any atom is 0.242 e. The first-order valence-corrected chi connectivity index (χ1v) is 9.84. The lowest BCUT2D eigenvalue weighted by atomic mass is 10.0. The van der Waals surface area contributed by atoms with E-state index in [0.717, 1.165) is 18.4 Å². The Labute approximate surface area is 160 Å². The maximum atomic E-state index is 12.8. The minimum atomic E-state index is -0.280. The van der Waals surface area contributed by atoms with Crippen LogP contribution in [0.25, 0.3) is 0 Å². The van der Waals surface area contributed by atoms with Gasteiger partial charge in [-0.1, -0.05) is 18.2 Å². The van der Waals surface area contributed by atoms with Crippen molar-refractivity contribution in [2.24, 2.45) is 5.92 Å². The third kappa shape index (κ3) is 3.70. The van der Waals surface area contributed by atoms with E-state index in [-0.39, 0.29) is 30.2 Å². The van der Waals surface area contributed by atoms with Crippen LogP contribution in [-0.2, 0) is 20.9 Å². The van der Waals surface area contributed by atoms with Gasteiger partial charge in [-0.25, -0.2) is 0 Å². The fourth-order valence-electron chi connectivity index (χ4n) is 4.08. The number of aryl methyl sites for hydroxylation is 2. The van der Waals surface area contributed by atoms with Crippen molar-refractivity contribution in [1.82, 2.24) is 14.7 Å². The number of amides is 3. The largest absolute Gasteiger partial charge is 0.339 e. The lowest BCUT2D eigenvalue weighted by Gasteiger charge is -2.35. The van der Waals surface area contributed by atoms with Gasteiger partial charge >= 0.3 is 0 Å². The van der Waals surface area contributed by atoms with Crippen LogP contribution in [0.15, 0.2) is 18.2 Å². The highest BCUT2D eigenvalue weighted by Crippen LogP contribution is 2.33. The molecular weight excluding hydrogens is 342 g/mol. The number of likely N-dealkylation sites (tertiary alicyclic amines) is 1. The molecule has 27 heavy (non-hydrogen) atoms. The van der Waals surface area contributed by atoms with Gasteiger partial charge in [0.15, 0.2) is 0 Å². The van der Waals surface area contributed by atoms with Crippen molar-refractivity contribution < 1.29 is 14.4 Å². The van der Waals surface area contributed by atoms with E-state index in [1.54, 1.807) is 4.90 Å². The zero-order valence-corrected chi connectivity index (χ0v) is 16.1. The molecule has 0 unspecified atom stereocenters. The summed E-state index contributed by atoms with van der Waals surface area (Å²) in [6.07, 6.45) is 2.41. The molecule has 2 aliphatic heterocycles. The number of benzene rings is 1. The predicted octanol–water partition coefficient (Wildman–Crippen LogP) is 1.49. The van der Waals surface area contributed by atoms with Gasteiger partial charge in [-0.05, 0) is 43.4 Å². The minimum Gasteiger partial charge on any atom is -0.339 e. The summed E-state index contributed by atoms with van der Waals surface area (Å²) in [6.45, 7) is 6.47. The normalized spacial score (nSPS) is 23.3. The van der Waals surface area contributed by atoms with Crippen molar-refractivity contribution in [2.75, 3.05) is 26.2 Å². The summed E-state index contributed by atoms with van der Waals surface area (Å²) in [7, 11) is 0. The third-order valence-corrected chi connectivity index (χ3v) is 6.07. The second-order valence-electron chi connectivity index (χ2n) is 8.17. The number of hydrogen-bond donors (Lipinski definition) is 0. The highest BCUT2D eigenvalue weighted by Gasteiger charge is 2.43. The van der Waals surface area contributed by atoms with Gasteiger partial charge in [0.05, 0.1) is 12.5 Å². The van der Waals surface area contributed by atoms with Crippen LogP contribution >= 0.6 is 0 Å². The van der Waals surface area contributed by atoms with Crippen LogP contribution in [0.1, 0.15) is 36.0 Å². The van der Waals surface area contributed by atoms with E-state index in [1.807, 2.05) is 9.80 Å². The average molecular weight is 369 g/mol. The SMILES string of the molecule is Cc1ccc(CN2CCN(C(=O)[C@H]3CC(=O)N(C4CC4)C3)CC2=O)cc1C. The number of nitrogens with zero attached hydrogens (tertiary/aromatic N) is 3. The zero-order valence-electron chi connectivity index (χ0n) is 16.1. The second-order valence-corrected chi connectivity index (χ2v) is 8.17. The summed E-state index contributed by atoms with van der Waals surface area (Å²) in [5.74, 6) is -0.241. The second kappa shape index (κ2) is 6.98. The van der Waals surface area contributed by atoms with Crippen molar-refractivity contribution >= 4 is 17.7 Å². The molecule has 1 aromatic carbocycles. The Bertz CT molecular complexity index is 787. The molecule has 3 fully saturated rings. The Balaban J connectivity index is 1.34. The lowest BCUT2D eigenvalue weighted by molar-refractivity contribution is -0.147.